The average Bonchev–Trinajstić information content (AvgIpc) is 3.37. The minimum atomic E-state index is -0.304. The Morgan fingerprint density at radius 2 is 1.75 bits per heavy atom. The highest BCUT2D eigenvalue weighted by atomic mass is 16.5. The summed E-state index contributed by atoms with van der Waals surface area (Å²) in [7, 11) is 1.52. The quantitative estimate of drug-likeness (QED) is 0.193. The molecule has 5 aliphatic rings. The van der Waals surface area contributed by atoms with Crippen LogP contribution in [0.4, 0.5) is 0 Å². The Hall–Kier alpha value is -2.27. The van der Waals surface area contributed by atoms with Gasteiger partial charge in [0.15, 0.2) is 11.5 Å². The minimum Gasteiger partial charge on any atom is -0.504 e. The van der Waals surface area contributed by atoms with Crippen LogP contribution in [0.25, 0.3) is 6.08 Å². The van der Waals surface area contributed by atoms with E-state index in [-0.39, 0.29) is 39.5 Å². The van der Waals surface area contributed by atoms with E-state index >= 15 is 0 Å². The van der Waals surface area contributed by atoms with E-state index in [2.05, 4.69) is 41.2 Å². The molecule has 0 radical (unpaired) electrons. The lowest BCUT2D eigenvalue weighted by Gasteiger charge is -2.69. The molecule has 5 aliphatic carbocycles. The topological polar surface area (TPSA) is 76.0 Å². The minimum absolute atomic E-state index is 0.0767. The number of carbonyl (C=O) groups is 1. The van der Waals surface area contributed by atoms with Gasteiger partial charge >= 0.3 is 5.97 Å². The molecule has 0 aliphatic heterocycles. The zero-order valence-corrected chi connectivity index (χ0v) is 28.0. The number of hydrogen-bond donors (Lipinski definition) is 2. The molecule has 6 rings (SSSR count). The molecular formula is C39H56O5. The van der Waals surface area contributed by atoms with Crippen molar-refractivity contribution in [1.29, 1.82) is 0 Å². The molecule has 242 valence electrons. The highest BCUT2D eigenvalue weighted by Gasteiger charge is 2.67. The predicted octanol–water partition coefficient (Wildman–Crippen LogP) is 8.59. The van der Waals surface area contributed by atoms with Gasteiger partial charge in [-0.15, -0.1) is 0 Å². The Kier molecular flexibility index (Phi) is 8.08. The van der Waals surface area contributed by atoms with Crippen molar-refractivity contribution in [2.24, 2.45) is 57.2 Å². The lowest BCUT2D eigenvalue weighted by atomic mass is 9.36. The molecule has 2 N–H and O–H groups in total. The highest BCUT2D eigenvalue weighted by molar-refractivity contribution is 5.87. The van der Waals surface area contributed by atoms with Gasteiger partial charge in [-0.3, -0.25) is 0 Å². The van der Waals surface area contributed by atoms with Gasteiger partial charge in [0.1, 0.15) is 6.10 Å². The van der Waals surface area contributed by atoms with Gasteiger partial charge in [-0.05, 0) is 152 Å². The van der Waals surface area contributed by atoms with Crippen LogP contribution in [0.2, 0.25) is 0 Å². The van der Waals surface area contributed by atoms with E-state index in [1.54, 1.807) is 24.3 Å². The lowest BCUT2D eigenvalue weighted by Crippen LogP contribution is -2.63. The number of fused-ring (bicyclic) bond motifs is 7. The maximum absolute atomic E-state index is 13.1. The molecule has 1 aromatic carbocycles. The number of benzene rings is 1. The van der Waals surface area contributed by atoms with Gasteiger partial charge in [-0.25, -0.2) is 4.79 Å². The van der Waals surface area contributed by atoms with Crippen LogP contribution in [0.1, 0.15) is 104 Å². The molecule has 0 spiro atoms. The summed E-state index contributed by atoms with van der Waals surface area (Å²) in [5.41, 5.74) is 2.69. The third kappa shape index (κ3) is 4.95. The summed E-state index contributed by atoms with van der Waals surface area (Å²) in [4.78, 5) is 13.1. The van der Waals surface area contributed by atoms with E-state index in [1.165, 1.54) is 57.3 Å². The number of phenols is 1. The second kappa shape index (κ2) is 11.2. The van der Waals surface area contributed by atoms with Crippen molar-refractivity contribution in [3.05, 3.63) is 42.0 Å². The summed E-state index contributed by atoms with van der Waals surface area (Å²) in [6.45, 7) is 17.0. The Morgan fingerprint density at radius 3 is 2.45 bits per heavy atom. The Bertz CT molecular complexity index is 1310. The fourth-order valence-electron chi connectivity index (χ4n) is 12.7. The fourth-order valence-corrected chi connectivity index (χ4v) is 12.7. The molecule has 5 saturated carbocycles. The molecule has 0 aromatic heterocycles. The van der Waals surface area contributed by atoms with E-state index < -0.39 is 0 Å². The molecular weight excluding hydrogens is 548 g/mol. The van der Waals surface area contributed by atoms with Gasteiger partial charge in [0, 0.05) is 12.7 Å². The second-order valence-electron chi connectivity index (χ2n) is 16.8. The number of methoxy groups -OCH3 is 1. The first-order valence-electron chi connectivity index (χ1n) is 17.3. The first kappa shape index (κ1) is 31.7. The number of carbonyl (C=O) groups excluding carboxylic acids is 1. The summed E-state index contributed by atoms with van der Waals surface area (Å²) in [6.07, 6.45) is 14.8. The summed E-state index contributed by atoms with van der Waals surface area (Å²) in [5.74, 6) is 3.88. The van der Waals surface area contributed by atoms with E-state index in [0.717, 1.165) is 31.2 Å². The van der Waals surface area contributed by atoms with E-state index in [1.807, 2.05) is 0 Å². The smallest absolute Gasteiger partial charge is 0.331 e. The van der Waals surface area contributed by atoms with Gasteiger partial charge in [0.25, 0.3) is 0 Å². The van der Waals surface area contributed by atoms with Crippen molar-refractivity contribution >= 4 is 12.0 Å². The lowest BCUT2D eigenvalue weighted by molar-refractivity contribution is -0.217. The Labute approximate surface area is 265 Å². The Morgan fingerprint density at radius 1 is 1.00 bits per heavy atom. The molecule has 0 saturated heterocycles. The van der Waals surface area contributed by atoms with E-state index in [0.29, 0.717) is 47.9 Å². The van der Waals surface area contributed by atoms with Crippen molar-refractivity contribution < 1.29 is 24.5 Å². The van der Waals surface area contributed by atoms with Gasteiger partial charge < -0.3 is 19.7 Å². The van der Waals surface area contributed by atoms with Crippen LogP contribution in [0.3, 0.4) is 0 Å². The highest BCUT2D eigenvalue weighted by Crippen LogP contribution is 2.73. The van der Waals surface area contributed by atoms with Crippen LogP contribution < -0.4 is 4.74 Å². The molecule has 44 heavy (non-hydrogen) atoms. The van der Waals surface area contributed by atoms with Crippen LogP contribution in [0, 0.1) is 57.2 Å². The van der Waals surface area contributed by atoms with E-state index in [9.17, 15) is 15.0 Å². The van der Waals surface area contributed by atoms with Gasteiger partial charge in [0.05, 0.1) is 7.11 Å². The maximum atomic E-state index is 13.1. The van der Waals surface area contributed by atoms with Crippen molar-refractivity contribution in [2.45, 2.75) is 105 Å². The number of aromatic hydroxyl groups is 1. The van der Waals surface area contributed by atoms with Crippen LogP contribution in [0.15, 0.2) is 36.4 Å². The van der Waals surface area contributed by atoms with Crippen molar-refractivity contribution in [3.8, 4) is 11.5 Å². The molecule has 0 heterocycles. The summed E-state index contributed by atoms with van der Waals surface area (Å²) >= 11 is 0. The van der Waals surface area contributed by atoms with Crippen molar-refractivity contribution in [2.75, 3.05) is 13.7 Å². The number of esters is 1. The largest absolute Gasteiger partial charge is 0.504 e. The molecule has 10 atom stereocenters. The zero-order valence-electron chi connectivity index (χ0n) is 28.0. The number of aliphatic hydroxyl groups excluding tert-OH is 1. The first-order valence-corrected chi connectivity index (χ1v) is 17.3. The van der Waals surface area contributed by atoms with Crippen LogP contribution >= 0.6 is 0 Å². The third-order valence-electron chi connectivity index (χ3n) is 14.2. The van der Waals surface area contributed by atoms with Gasteiger partial charge in [-0.2, -0.15) is 0 Å². The maximum Gasteiger partial charge on any atom is 0.331 e. The van der Waals surface area contributed by atoms with Crippen LogP contribution in [0.5, 0.6) is 11.5 Å². The monoisotopic (exact) mass is 604 g/mol. The van der Waals surface area contributed by atoms with Gasteiger partial charge in [0.2, 0.25) is 0 Å². The number of ether oxygens (including phenoxy) is 2. The molecule has 5 fully saturated rings. The normalized spacial score (nSPS) is 42.5. The molecule has 5 nitrogen and oxygen atoms in total. The number of rotatable bonds is 6. The number of hydrogen-bond acceptors (Lipinski definition) is 5. The first-order chi connectivity index (χ1) is 20.8. The zero-order chi connectivity index (χ0) is 31.7. The molecule has 0 bridgehead atoms. The SMILES string of the molecule is C=C(C)C1CCC2(CO)CCC3C(CCC4C3(C)CCC3C(C)(C)CC(OC(=O)C=Cc5ccc(O)c(OC)c5)CC34C)C12. The number of allylic oxidation sites excluding steroid dienone is 1. The molecule has 10 unspecified atom stereocenters. The molecule has 1 aromatic rings. The van der Waals surface area contributed by atoms with E-state index in [4.69, 9.17) is 9.47 Å². The van der Waals surface area contributed by atoms with Gasteiger partial charge in [-0.1, -0.05) is 45.9 Å². The van der Waals surface area contributed by atoms with Crippen LogP contribution in [-0.4, -0.2) is 36.0 Å². The van der Waals surface area contributed by atoms with Crippen LogP contribution in [-0.2, 0) is 9.53 Å². The summed E-state index contributed by atoms with van der Waals surface area (Å²) < 4.78 is 11.5. The standard InChI is InChI=1S/C39H56O5/c1-24(2)27-14-18-39(23-40)19-15-29-28(35(27)39)10-12-33-37(29,5)17-16-32-36(3,4)21-26(22-38(32,33)6)44-34(42)13-9-25-8-11-30(41)31(20-25)43-7/h8-9,11,13,20,26-29,32-33,35,40-41H,1,10,12,14-19,21-23H2,2-7H3. The second-order valence-corrected chi connectivity index (χ2v) is 16.8. The number of phenolic OH excluding ortho intramolecular Hbond substituents is 1. The molecule has 5 heteroatoms. The fraction of sp³-hybridized carbons (Fsp3) is 0.718. The van der Waals surface area contributed by atoms with Crippen molar-refractivity contribution in [1.82, 2.24) is 0 Å². The third-order valence-corrected chi connectivity index (χ3v) is 14.2. The Balaban J connectivity index is 1.23. The predicted molar refractivity (Wildman–Crippen MR) is 175 cm³/mol. The summed E-state index contributed by atoms with van der Waals surface area (Å²) in [5, 5.41) is 20.6. The average molecular weight is 605 g/mol. The van der Waals surface area contributed by atoms with Crippen molar-refractivity contribution in [3.63, 3.8) is 0 Å². The summed E-state index contributed by atoms with van der Waals surface area (Å²) in [6, 6.07) is 5.05. The number of aliphatic hydroxyl groups is 1. The molecule has 0 amide bonds.